The van der Waals surface area contributed by atoms with Gasteiger partial charge in [0.05, 0.1) is 21.0 Å². The lowest BCUT2D eigenvalue weighted by Gasteiger charge is -2.14. The number of anilines is 1. The molecule has 5 nitrogen and oxygen atoms in total. The number of para-hydroxylation sites is 1. The molecule has 1 aromatic carbocycles. The summed E-state index contributed by atoms with van der Waals surface area (Å²) in [6, 6.07) is 5.12. The molecule has 1 heterocycles. The monoisotopic (exact) mass is 384 g/mol. The van der Waals surface area contributed by atoms with Gasteiger partial charge in [0.15, 0.2) is 5.16 Å². The van der Waals surface area contributed by atoms with E-state index in [1.807, 2.05) is 6.92 Å². The molecule has 0 spiro atoms. The number of nitrogens with one attached hydrogen (secondary N) is 1. The van der Waals surface area contributed by atoms with E-state index in [1.165, 1.54) is 24.6 Å². The summed E-state index contributed by atoms with van der Waals surface area (Å²) >= 11 is 13.6. The molecule has 0 saturated heterocycles. The number of halogens is 2. The van der Waals surface area contributed by atoms with Crippen LogP contribution < -0.4 is 5.32 Å². The highest BCUT2D eigenvalue weighted by Gasteiger charge is 2.30. The lowest BCUT2D eigenvalue weighted by atomic mass is 10.3. The maximum Gasteiger partial charge on any atom is 0.237 e. The molecule has 128 valence electrons. The first kappa shape index (κ1) is 17.6. The van der Waals surface area contributed by atoms with Crippen LogP contribution in [0.15, 0.2) is 23.4 Å². The van der Waals surface area contributed by atoms with E-state index < -0.39 is 0 Å². The van der Waals surface area contributed by atoms with Crippen LogP contribution in [0.5, 0.6) is 0 Å². The van der Waals surface area contributed by atoms with Crippen molar-refractivity contribution in [2.75, 3.05) is 5.32 Å². The highest BCUT2D eigenvalue weighted by Crippen LogP contribution is 2.40. The zero-order chi connectivity index (χ0) is 17.3. The number of nitrogens with zero attached hydrogens (tertiary/aromatic N) is 3. The number of hydrogen-bond acceptors (Lipinski definition) is 4. The Bertz CT molecular complexity index is 740. The van der Waals surface area contributed by atoms with Crippen LogP contribution in [0, 0.1) is 0 Å². The smallest absolute Gasteiger partial charge is 0.237 e. The first-order valence-corrected chi connectivity index (χ1v) is 9.49. The average Bonchev–Trinajstić information content (AvgIpc) is 3.32. The molecule has 1 unspecified atom stereocenters. The van der Waals surface area contributed by atoms with E-state index in [0.29, 0.717) is 21.7 Å². The fourth-order valence-corrected chi connectivity index (χ4v) is 3.79. The van der Waals surface area contributed by atoms with E-state index in [1.54, 1.807) is 18.2 Å². The Morgan fingerprint density at radius 1 is 1.38 bits per heavy atom. The Morgan fingerprint density at radius 2 is 2.04 bits per heavy atom. The van der Waals surface area contributed by atoms with Crippen molar-refractivity contribution >= 4 is 46.6 Å². The lowest BCUT2D eigenvalue weighted by molar-refractivity contribution is -0.115. The topological polar surface area (TPSA) is 59.8 Å². The first-order valence-electron chi connectivity index (χ1n) is 7.85. The van der Waals surface area contributed by atoms with Crippen LogP contribution in [0.2, 0.25) is 10.0 Å². The molecule has 2 aromatic rings. The second kappa shape index (κ2) is 7.33. The number of carbonyl (C=O) groups excluding carboxylic acids is 1. The van der Waals surface area contributed by atoms with Gasteiger partial charge in [0.2, 0.25) is 5.91 Å². The third-order valence-electron chi connectivity index (χ3n) is 3.87. The summed E-state index contributed by atoms with van der Waals surface area (Å²) in [5.74, 6) is 1.38. The predicted octanol–water partition coefficient (Wildman–Crippen LogP) is 4.60. The van der Waals surface area contributed by atoms with Crippen LogP contribution in [0.3, 0.4) is 0 Å². The largest absolute Gasteiger partial charge is 0.323 e. The van der Waals surface area contributed by atoms with Gasteiger partial charge in [-0.2, -0.15) is 0 Å². The Morgan fingerprint density at radius 3 is 2.62 bits per heavy atom. The molecule has 1 N–H and O–H groups in total. The number of amides is 1. The molecule has 0 aliphatic heterocycles. The van der Waals surface area contributed by atoms with Crippen LogP contribution in [-0.4, -0.2) is 25.9 Å². The molecule has 1 aliphatic rings. The maximum absolute atomic E-state index is 12.5. The molecule has 0 bridgehead atoms. The minimum atomic E-state index is -0.348. The maximum atomic E-state index is 12.5. The third-order valence-corrected chi connectivity index (χ3v) is 5.58. The van der Waals surface area contributed by atoms with Crippen LogP contribution in [-0.2, 0) is 11.3 Å². The van der Waals surface area contributed by atoms with Gasteiger partial charge in [-0.3, -0.25) is 4.79 Å². The molecule has 1 aromatic heterocycles. The predicted molar refractivity (Wildman–Crippen MR) is 98.1 cm³/mol. The van der Waals surface area contributed by atoms with Crippen molar-refractivity contribution < 1.29 is 4.79 Å². The van der Waals surface area contributed by atoms with Crippen molar-refractivity contribution in [2.24, 2.45) is 0 Å². The summed E-state index contributed by atoms with van der Waals surface area (Å²) < 4.78 is 2.09. The number of rotatable bonds is 6. The zero-order valence-electron chi connectivity index (χ0n) is 13.4. The fraction of sp³-hybridized carbons (Fsp3) is 0.438. The highest BCUT2D eigenvalue weighted by molar-refractivity contribution is 8.00. The zero-order valence-corrected chi connectivity index (χ0v) is 15.8. The van der Waals surface area contributed by atoms with Crippen molar-refractivity contribution in [2.45, 2.75) is 49.6 Å². The molecule has 1 amide bonds. The van der Waals surface area contributed by atoms with Crippen molar-refractivity contribution in [1.82, 2.24) is 14.8 Å². The summed E-state index contributed by atoms with van der Waals surface area (Å²) in [6.07, 6.45) is 2.34. The van der Waals surface area contributed by atoms with Crippen molar-refractivity contribution in [3.8, 4) is 0 Å². The van der Waals surface area contributed by atoms with E-state index in [2.05, 4.69) is 27.0 Å². The number of benzene rings is 1. The van der Waals surface area contributed by atoms with Gasteiger partial charge in [-0.1, -0.05) is 41.0 Å². The quantitative estimate of drug-likeness (QED) is 0.739. The molecule has 24 heavy (non-hydrogen) atoms. The normalized spacial score (nSPS) is 15.3. The van der Waals surface area contributed by atoms with Gasteiger partial charge in [0.25, 0.3) is 0 Å². The summed E-state index contributed by atoms with van der Waals surface area (Å²) in [4.78, 5) is 12.5. The van der Waals surface area contributed by atoms with E-state index in [4.69, 9.17) is 23.2 Å². The van der Waals surface area contributed by atoms with E-state index >= 15 is 0 Å². The molecular formula is C16H18Cl2N4OS. The van der Waals surface area contributed by atoms with Gasteiger partial charge in [-0.05, 0) is 38.8 Å². The highest BCUT2D eigenvalue weighted by atomic mass is 35.5. The molecular weight excluding hydrogens is 367 g/mol. The van der Waals surface area contributed by atoms with Crippen LogP contribution in [0.4, 0.5) is 5.69 Å². The fourth-order valence-electron chi connectivity index (χ4n) is 2.38. The Balaban J connectivity index is 1.70. The van der Waals surface area contributed by atoms with E-state index in [9.17, 15) is 4.79 Å². The van der Waals surface area contributed by atoms with Gasteiger partial charge < -0.3 is 9.88 Å². The molecule has 8 heteroatoms. The van der Waals surface area contributed by atoms with Crippen LogP contribution in [0.1, 0.15) is 38.4 Å². The van der Waals surface area contributed by atoms with Crippen LogP contribution in [0.25, 0.3) is 0 Å². The number of aromatic nitrogens is 3. The second-order valence-electron chi connectivity index (χ2n) is 5.71. The Kier molecular flexibility index (Phi) is 5.37. The summed E-state index contributed by atoms with van der Waals surface area (Å²) in [5.41, 5.74) is 0.439. The molecule has 3 rings (SSSR count). The summed E-state index contributed by atoms with van der Waals surface area (Å²) in [7, 11) is 0. The number of carbonyl (C=O) groups is 1. The number of thioether (sulfide) groups is 1. The molecule has 0 radical (unpaired) electrons. The van der Waals surface area contributed by atoms with Gasteiger partial charge in [-0.25, -0.2) is 0 Å². The van der Waals surface area contributed by atoms with E-state index in [0.717, 1.165) is 17.5 Å². The Hall–Kier alpha value is -1.24. The van der Waals surface area contributed by atoms with Crippen molar-refractivity contribution in [3.05, 3.63) is 34.1 Å². The molecule has 1 saturated carbocycles. The molecule has 1 fully saturated rings. The van der Waals surface area contributed by atoms with Gasteiger partial charge in [-0.15, -0.1) is 10.2 Å². The second-order valence-corrected chi connectivity index (χ2v) is 7.83. The van der Waals surface area contributed by atoms with Crippen molar-refractivity contribution in [3.63, 3.8) is 0 Å². The minimum Gasteiger partial charge on any atom is -0.323 e. The van der Waals surface area contributed by atoms with Gasteiger partial charge in [0.1, 0.15) is 5.82 Å². The average molecular weight is 385 g/mol. The summed E-state index contributed by atoms with van der Waals surface area (Å²) in [5, 5.41) is 12.6. The number of hydrogen-bond donors (Lipinski definition) is 1. The SMILES string of the molecule is CCn1c(SC(C)C(=O)Nc2c(Cl)cccc2Cl)nnc1C1CC1. The Labute approximate surface area is 155 Å². The third kappa shape index (κ3) is 3.71. The molecule has 1 aliphatic carbocycles. The van der Waals surface area contributed by atoms with E-state index in [-0.39, 0.29) is 11.2 Å². The van der Waals surface area contributed by atoms with Crippen LogP contribution >= 0.6 is 35.0 Å². The van der Waals surface area contributed by atoms with Gasteiger partial charge in [0, 0.05) is 12.5 Å². The first-order chi connectivity index (χ1) is 11.5. The standard InChI is InChI=1S/C16H18Cl2N4OS/c1-3-22-14(10-7-8-10)20-21-16(22)24-9(2)15(23)19-13-11(17)5-4-6-12(13)18/h4-6,9-10H,3,7-8H2,1-2H3,(H,19,23). The lowest BCUT2D eigenvalue weighted by Crippen LogP contribution is -2.23. The minimum absolute atomic E-state index is 0.173. The van der Waals surface area contributed by atoms with Crippen molar-refractivity contribution in [1.29, 1.82) is 0 Å². The molecule has 1 atom stereocenters. The summed E-state index contributed by atoms with van der Waals surface area (Å²) in [6.45, 7) is 4.69. The van der Waals surface area contributed by atoms with Gasteiger partial charge >= 0.3 is 0 Å².